The van der Waals surface area contributed by atoms with Crippen LogP contribution in [0.4, 0.5) is 13.2 Å². The topological polar surface area (TPSA) is 29.9 Å². The van der Waals surface area contributed by atoms with Crippen LogP contribution in [-0.2, 0) is 13.5 Å². The van der Waals surface area contributed by atoms with Gasteiger partial charge in [-0.1, -0.05) is 6.92 Å². The Kier molecular flexibility index (Phi) is 4.99. The highest BCUT2D eigenvalue weighted by molar-refractivity contribution is 4.94. The molecule has 1 unspecified atom stereocenters. The summed E-state index contributed by atoms with van der Waals surface area (Å²) >= 11 is 0. The SMILES string of the molecule is CCNC(CCC(F)(F)F)Cc1nccn1C. The van der Waals surface area contributed by atoms with Crippen molar-refractivity contribution >= 4 is 0 Å². The monoisotopic (exact) mass is 249 g/mol. The molecule has 0 fully saturated rings. The lowest BCUT2D eigenvalue weighted by molar-refractivity contribution is -0.136. The third-order valence-electron chi connectivity index (χ3n) is 2.62. The van der Waals surface area contributed by atoms with E-state index in [0.29, 0.717) is 13.0 Å². The third-order valence-corrected chi connectivity index (χ3v) is 2.62. The van der Waals surface area contributed by atoms with E-state index in [1.165, 1.54) is 0 Å². The van der Waals surface area contributed by atoms with Crippen LogP contribution in [0.15, 0.2) is 12.4 Å². The average Bonchev–Trinajstić information content (AvgIpc) is 2.60. The number of rotatable bonds is 6. The molecule has 0 saturated heterocycles. The van der Waals surface area contributed by atoms with Gasteiger partial charge in [-0.25, -0.2) is 4.98 Å². The molecule has 0 spiro atoms. The van der Waals surface area contributed by atoms with Crippen LogP contribution in [0.25, 0.3) is 0 Å². The third kappa shape index (κ3) is 5.21. The van der Waals surface area contributed by atoms with E-state index >= 15 is 0 Å². The maximum atomic E-state index is 12.2. The van der Waals surface area contributed by atoms with Crippen molar-refractivity contribution in [3.63, 3.8) is 0 Å². The first-order valence-electron chi connectivity index (χ1n) is 5.68. The van der Waals surface area contributed by atoms with E-state index in [9.17, 15) is 13.2 Å². The Morgan fingerprint density at radius 1 is 1.47 bits per heavy atom. The molecule has 1 atom stereocenters. The Bertz CT molecular complexity index is 333. The summed E-state index contributed by atoms with van der Waals surface area (Å²) in [6.07, 6.45) is -0.786. The number of hydrogen-bond acceptors (Lipinski definition) is 2. The fourth-order valence-electron chi connectivity index (χ4n) is 1.72. The first-order chi connectivity index (χ1) is 7.92. The Hall–Kier alpha value is -1.04. The van der Waals surface area contributed by atoms with Crippen LogP contribution in [0.2, 0.25) is 0 Å². The van der Waals surface area contributed by atoms with Crippen LogP contribution in [-0.4, -0.2) is 28.3 Å². The largest absolute Gasteiger partial charge is 0.389 e. The number of alkyl halides is 3. The molecule has 3 nitrogen and oxygen atoms in total. The molecule has 1 aromatic heterocycles. The van der Waals surface area contributed by atoms with Crippen molar-refractivity contribution in [2.45, 2.75) is 38.4 Å². The maximum Gasteiger partial charge on any atom is 0.389 e. The highest BCUT2D eigenvalue weighted by Gasteiger charge is 2.28. The molecule has 1 N–H and O–H groups in total. The minimum Gasteiger partial charge on any atom is -0.338 e. The summed E-state index contributed by atoms with van der Waals surface area (Å²) in [5.74, 6) is 0.804. The Morgan fingerprint density at radius 2 is 2.18 bits per heavy atom. The zero-order valence-corrected chi connectivity index (χ0v) is 10.1. The molecule has 0 aliphatic carbocycles. The fourth-order valence-corrected chi connectivity index (χ4v) is 1.72. The molecular weight excluding hydrogens is 231 g/mol. The second-order valence-corrected chi connectivity index (χ2v) is 4.07. The van der Waals surface area contributed by atoms with Gasteiger partial charge in [-0.2, -0.15) is 13.2 Å². The number of nitrogens with one attached hydrogen (secondary N) is 1. The minimum atomic E-state index is -4.09. The minimum absolute atomic E-state index is 0.0875. The number of aryl methyl sites for hydroxylation is 1. The molecule has 1 rings (SSSR count). The quantitative estimate of drug-likeness (QED) is 0.838. The van der Waals surface area contributed by atoms with Crippen LogP contribution < -0.4 is 5.32 Å². The molecule has 17 heavy (non-hydrogen) atoms. The summed E-state index contributed by atoms with van der Waals surface area (Å²) in [4.78, 5) is 4.12. The molecule has 1 aromatic rings. The van der Waals surface area contributed by atoms with E-state index < -0.39 is 12.6 Å². The van der Waals surface area contributed by atoms with Gasteiger partial charge in [-0.3, -0.25) is 0 Å². The van der Waals surface area contributed by atoms with Crippen LogP contribution in [0.3, 0.4) is 0 Å². The van der Waals surface area contributed by atoms with Gasteiger partial charge in [0.05, 0.1) is 0 Å². The Morgan fingerprint density at radius 3 is 2.65 bits per heavy atom. The summed E-state index contributed by atoms with van der Waals surface area (Å²) in [7, 11) is 1.84. The van der Waals surface area contributed by atoms with Crippen molar-refractivity contribution in [2.24, 2.45) is 7.05 Å². The smallest absolute Gasteiger partial charge is 0.338 e. The Balaban J connectivity index is 2.51. The molecule has 0 aliphatic rings. The molecule has 0 saturated carbocycles. The first-order valence-corrected chi connectivity index (χ1v) is 5.68. The van der Waals surface area contributed by atoms with Gasteiger partial charge in [-0.05, 0) is 13.0 Å². The van der Waals surface area contributed by atoms with Crippen molar-refractivity contribution in [3.8, 4) is 0 Å². The lowest BCUT2D eigenvalue weighted by atomic mass is 10.1. The van der Waals surface area contributed by atoms with Gasteiger partial charge in [0.15, 0.2) is 0 Å². The van der Waals surface area contributed by atoms with Crippen LogP contribution >= 0.6 is 0 Å². The van der Waals surface area contributed by atoms with E-state index in [4.69, 9.17) is 0 Å². The van der Waals surface area contributed by atoms with Gasteiger partial charge in [0, 0.05) is 38.3 Å². The van der Waals surface area contributed by atoms with Crippen molar-refractivity contribution in [2.75, 3.05) is 6.54 Å². The van der Waals surface area contributed by atoms with E-state index in [-0.39, 0.29) is 12.5 Å². The number of imidazole rings is 1. The second kappa shape index (κ2) is 6.05. The number of halogens is 3. The fraction of sp³-hybridized carbons (Fsp3) is 0.727. The van der Waals surface area contributed by atoms with Gasteiger partial charge >= 0.3 is 6.18 Å². The molecule has 0 radical (unpaired) electrons. The van der Waals surface area contributed by atoms with Gasteiger partial charge < -0.3 is 9.88 Å². The summed E-state index contributed by atoms with van der Waals surface area (Å²) < 4.78 is 38.3. The summed E-state index contributed by atoms with van der Waals surface area (Å²) in [6, 6.07) is -0.178. The van der Waals surface area contributed by atoms with Gasteiger partial charge in [0.1, 0.15) is 5.82 Å². The number of aromatic nitrogens is 2. The van der Waals surface area contributed by atoms with Crippen molar-refractivity contribution in [3.05, 3.63) is 18.2 Å². The molecule has 0 bridgehead atoms. The zero-order chi connectivity index (χ0) is 12.9. The number of nitrogens with zero attached hydrogens (tertiary/aromatic N) is 2. The van der Waals surface area contributed by atoms with Crippen LogP contribution in [0, 0.1) is 0 Å². The maximum absolute atomic E-state index is 12.2. The Labute approximate surface area is 99.0 Å². The van der Waals surface area contributed by atoms with E-state index in [2.05, 4.69) is 10.3 Å². The summed E-state index contributed by atoms with van der Waals surface area (Å²) in [6.45, 7) is 2.55. The molecule has 98 valence electrons. The second-order valence-electron chi connectivity index (χ2n) is 4.07. The highest BCUT2D eigenvalue weighted by atomic mass is 19.4. The average molecular weight is 249 g/mol. The van der Waals surface area contributed by atoms with E-state index in [0.717, 1.165) is 5.82 Å². The summed E-state index contributed by atoms with van der Waals surface area (Å²) in [5.41, 5.74) is 0. The van der Waals surface area contributed by atoms with Gasteiger partial charge in [0.25, 0.3) is 0 Å². The lowest BCUT2D eigenvalue weighted by Gasteiger charge is -2.18. The van der Waals surface area contributed by atoms with Crippen LogP contribution in [0.5, 0.6) is 0 Å². The predicted octanol–water partition coefficient (Wildman–Crippen LogP) is 2.28. The molecule has 0 aromatic carbocycles. The van der Waals surface area contributed by atoms with Gasteiger partial charge in [-0.15, -0.1) is 0 Å². The standard InChI is InChI=1S/C11H18F3N3/c1-3-15-9(4-5-11(12,13)14)8-10-16-6-7-17(10)2/h6-7,9,15H,3-5,8H2,1-2H3. The lowest BCUT2D eigenvalue weighted by Crippen LogP contribution is -2.33. The summed E-state index contributed by atoms with van der Waals surface area (Å²) in [5, 5.41) is 3.07. The van der Waals surface area contributed by atoms with Crippen molar-refractivity contribution < 1.29 is 13.2 Å². The predicted molar refractivity (Wildman–Crippen MR) is 59.7 cm³/mol. The number of likely N-dealkylation sites (N-methyl/N-ethyl adjacent to an activating group) is 1. The van der Waals surface area contributed by atoms with Crippen molar-refractivity contribution in [1.82, 2.24) is 14.9 Å². The molecular formula is C11H18F3N3. The van der Waals surface area contributed by atoms with Gasteiger partial charge in [0.2, 0.25) is 0 Å². The van der Waals surface area contributed by atoms with Crippen molar-refractivity contribution in [1.29, 1.82) is 0 Å². The first kappa shape index (κ1) is 14.0. The molecule has 1 heterocycles. The molecule has 0 aliphatic heterocycles. The normalized spacial score (nSPS) is 13.9. The molecule has 0 amide bonds. The number of hydrogen-bond donors (Lipinski definition) is 1. The van der Waals surface area contributed by atoms with Crippen LogP contribution in [0.1, 0.15) is 25.6 Å². The zero-order valence-electron chi connectivity index (χ0n) is 10.1. The van der Waals surface area contributed by atoms with E-state index in [1.54, 1.807) is 12.4 Å². The highest BCUT2D eigenvalue weighted by Crippen LogP contribution is 2.23. The molecule has 6 heteroatoms. The van der Waals surface area contributed by atoms with E-state index in [1.807, 2.05) is 18.5 Å².